The lowest BCUT2D eigenvalue weighted by Crippen LogP contribution is -2.23. The van der Waals surface area contributed by atoms with Gasteiger partial charge in [0.1, 0.15) is 0 Å². The topological polar surface area (TPSA) is 58.2 Å². The zero-order valence-electron chi connectivity index (χ0n) is 9.45. The van der Waals surface area contributed by atoms with Crippen LogP contribution in [0.1, 0.15) is 19.4 Å². The van der Waals surface area contributed by atoms with E-state index in [1.165, 1.54) is 0 Å². The summed E-state index contributed by atoms with van der Waals surface area (Å²) in [6, 6.07) is 5.61. The first-order valence-electron chi connectivity index (χ1n) is 5.42. The summed E-state index contributed by atoms with van der Waals surface area (Å²) in [7, 11) is -3.33. The van der Waals surface area contributed by atoms with Gasteiger partial charge in [-0.15, -0.1) is 0 Å². The number of rotatable bonds is 3. The van der Waals surface area contributed by atoms with Crippen LogP contribution >= 0.6 is 0 Å². The maximum absolute atomic E-state index is 11.8. The summed E-state index contributed by atoms with van der Waals surface area (Å²) in [6.07, 6.45) is 0.880. The van der Waals surface area contributed by atoms with Crippen molar-refractivity contribution in [3.05, 3.63) is 23.8 Å². The van der Waals surface area contributed by atoms with Crippen LogP contribution in [0.25, 0.3) is 0 Å². The van der Waals surface area contributed by atoms with Gasteiger partial charge in [-0.2, -0.15) is 0 Å². The third-order valence-corrected chi connectivity index (χ3v) is 4.19. The standard InChI is InChI=1S/C11H16N2O2S/c1-3-12-16(14,15)10-4-5-11-9(7-10)6-8(2)13-11/h4-5,7-8,12-13H,3,6H2,1-2H3/t8-/m0/s1. The van der Waals surface area contributed by atoms with Gasteiger partial charge in [0.25, 0.3) is 0 Å². The highest BCUT2D eigenvalue weighted by Crippen LogP contribution is 2.27. The maximum Gasteiger partial charge on any atom is 0.240 e. The predicted molar refractivity (Wildman–Crippen MR) is 64.1 cm³/mol. The van der Waals surface area contributed by atoms with Crippen molar-refractivity contribution >= 4 is 15.7 Å². The molecule has 0 bridgehead atoms. The molecule has 5 heteroatoms. The summed E-state index contributed by atoms with van der Waals surface area (Å²) >= 11 is 0. The molecular weight excluding hydrogens is 224 g/mol. The fourth-order valence-electron chi connectivity index (χ4n) is 1.97. The number of sulfonamides is 1. The molecule has 2 rings (SSSR count). The van der Waals surface area contributed by atoms with Crippen LogP contribution in [0.5, 0.6) is 0 Å². The second kappa shape index (κ2) is 4.07. The van der Waals surface area contributed by atoms with Crippen LogP contribution in [0.4, 0.5) is 5.69 Å². The lowest BCUT2D eigenvalue weighted by Gasteiger charge is -2.06. The monoisotopic (exact) mass is 240 g/mol. The van der Waals surface area contributed by atoms with Gasteiger partial charge in [-0.3, -0.25) is 0 Å². The van der Waals surface area contributed by atoms with Crippen molar-refractivity contribution < 1.29 is 8.42 Å². The number of benzene rings is 1. The molecule has 88 valence electrons. The number of hydrogen-bond acceptors (Lipinski definition) is 3. The van der Waals surface area contributed by atoms with Crippen molar-refractivity contribution in [1.29, 1.82) is 0 Å². The Bertz CT molecular complexity index is 497. The molecule has 1 aliphatic rings. The van der Waals surface area contributed by atoms with Crippen LogP contribution in [0.3, 0.4) is 0 Å². The fourth-order valence-corrected chi connectivity index (χ4v) is 3.06. The first kappa shape index (κ1) is 11.4. The molecule has 1 aromatic carbocycles. The van der Waals surface area contributed by atoms with Gasteiger partial charge in [0.05, 0.1) is 4.90 Å². The van der Waals surface area contributed by atoms with Gasteiger partial charge in [-0.1, -0.05) is 6.92 Å². The second-order valence-electron chi connectivity index (χ2n) is 4.07. The Labute approximate surface area is 96.1 Å². The van der Waals surface area contributed by atoms with Gasteiger partial charge in [-0.05, 0) is 37.1 Å². The molecule has 0 saturated heterocycles. The average Bonchev–Trinajstić information content (AvgIpc) is 2.56. The third kappa shape index (κ3) is 2.05. The van der Waals surface area contributed by atoms with E-state index in [2.05, 4.69) is 17.0 Å². The van der Waals surface area contributed by atoms with Crippen molar-refractivity contribution in [3.8, 4) is 0 Å². The van der Waals surface area contributed by atoms with Gasteiger partial charge < -0.3 is 5.32 Å². The summed E-state index contributed by atoms with van der Waals surface area (Å²) in [5, 5.41) is 3.29. The lowest BCUT2D eigenvalue weighted by atomic mass is 10.1. The molecule has 0 unspecified atom stereocenters. The van der Waals surface area contributed by atoms with Crippen LogP contribution in [-0.4, -0.2) is 21.0 Å². The van der Waals surface area contributed by atoms with Crippen LogP contribution in [0.15, 0.2) is 23.1 Å². The van der Waals surface area contributed by atoms with E-state index in [0.29, 0.717) is 17.5 Å². The number of nitrogens with one attached hydrogen (secondary N) is 2. The molecule has 1 aliphatic heterocycles. The Morgan fingerprint density at radius 3 is 2.94 bits per heavy atom. The van der Waals surface area contributed by atoms with Crippen LogP contribution in [-0.2, 0) is 16.4 Å². The van der Waals surface area contributed by atoms with Crippen molar-refractivity contribution in [2.75, 3.05) is 11.9 Å². The van der Waals surface area contributed by atoms with Crippen LogP contribution in [0, 0.1) is 0 Å². The van der Waals surface area contributed by atoms with E-state index in [1.807, 2.05) is 6.07 Å². The summed E-state index contributed by atoms with van der Waals surface area (Å²) in [5.41, 5.74) is 2.12. The Balaban J connectivity index is 2.36. The van der Waals surface area contributed by atoms with Crippen LogP contribution < -0.4 is 10.0 Å². The van der Waals surface area contributed by atoms with E-state index in [4.69, 9.17) is 0 Å². The Kier molecular flexibility index (Phi) is 2.90. The molecular formula is C11H16N2O2S. The fraction of sp³-hybridized carbons (Fsp3) is 0.455. The number of hydrogen-bond donors (Lipinski definition) is 2. The molecule has 1 aromatic rings. The van der Waals surface area contributed by atoms with E-state index in [9.17, 15) is 8.42 Å². The van der Waals surface area contributed by atoms with E-state index in [1.54, 1.807) is 19.1 Å². The molecule has 0 radical (unpaired) electrons. The molecule has 0 spiro atoms. The van der Waals surface area contributed by atoms with Gasteiger partial charge in [0.2, 0.25) is 10.0 Å². The SMILES string of the molecule is CCNS(=O)(=O)c1ccc2c(c1)C[C@H](C)N2. The van der Waals surface area contributed by atoms with Crippen molar-refractivity contribution in [2.24, 2.45) is 0 Å². The van der Waals surface area contributed by atoms with Crippen LogP contribution in [0.2, 0.25) is 0 Å². The lowest BCUT2D eigenvalue weighted by molar-refractivity contribution is 0.584. The van der Waals surface area contributed by atoms with E-state index < -0.39 is 10.0 Å². The van der Waals surface area contributed by atoms with Crippen molar-refractivity contribution in [3.63, 3.8) is 0 Å². The second-order valence-corrected chi connectivity index (χ2v) is 5.84. The minimum atomic E-state index is -3.33. The van der Waals surface area contributed by atoms with Crippen molar-refractivity contribution in [1.82, 2.24) is 4.72 Å². The Morgan fingerprint density at radius 1 is 1.50 bits per heavy atom. The smallest absolute Gasteiger partial charge is 0.240 e. The van der Waals surface area contributed by atoms with E-state index in [0.717, 1.165) is 17.7 Å². The molecule has 1 atom stereocenters. The summed E-state index contributed by atoms with van der Waals surface area (Å²) in [4.78, 5) is 0.351. The van der Waals surface area contributed by atoms with Gasteiger partial charge in [0.15, 0.2) is 0 Å². The van der Waals surface area contributed by atoms with Crippen molar-refractivity contribution in [2.45, 2.75) is 31.2 Å². The third-order valence-electron chi connectivity index (χ3n) is 2.65. The minimum absolute atomic E-state index is 0.351. The van der Waals surface area contributed by atoms with Gasteiger partial charge in [-0.25, -0.2) is 13.1 Å². The molecule has 16 heavy (non-hydrogen) atoms. The number of fused-ring (bicyclic) bond motifs is 1. The molecule has 0 aliphatic carbocycles. The predicted octanol–water partition coefficient (Wildman–Crippen LogP) is 1.34. The Hall–Kier alpha value is -1.07. The summed E-state index contributed by atoms with van der Waals surface area (Å²) in [6.45, 7) is 4.26. The molecule has 0 amide bonds. The number of anilines is 1. The molecule has 2 N–H and O–H groups in total. The average molecular weight is 240 g/mol. The zero-order chi connectivity index (χ0) is 11.8. The van der Waals surface area contributed by atoms with Gasteiger partial charge >= 0.3 is 0 Å². The molecule has 0 fully saturated rings. The normalized spacial score (nSPS) is 19.2. The Morgan fingerprint density at radius 2 is 2.25 bits per heavy atom. The van der Waals surface area contributed by atoms with E-state index in [-0.39, 0.29) is 0 Å². The first-order valence-corrected chi connectivity index (χ1v) is 6.90. The molecule has 1 heterocycles. The summed E-state index contributed by atoms with van der Waals surface area (Å²) in [5.74, 6) is 0. The first-order chi connectivity index (χ1) is 7.53. The quantitative estimate of drug-likeness (QED) is 0.838. The molecule has 4 nitrogen and oxygen atoms in total. The largest absolute Gasteiger partial charge is 0.382 e. The highest BCUT2D eigenvalue weighted by molar-refractivity contribution is 7.89. The zero-order valence-corrected chi connectivity index (χ0v) is 10.3. The molecule has 0 aromatic heterocycles. The minimum Gasteiger partial charge on any atom is -0.382 e. The highest BCUT2D eigenvalue weighted by atomic mass is 32.2. The summed E-state index contributed by atoms with van der Waals surface area (Å²) < 4.78 is 26.1. The van der Waals surface area contributed by atoms with E-state index >= 15 is 0 Å². The molecule has 0 saturated carbocycles. The maximum atomic E-state index is 11.8. The van der Waals surface area contributed by atoms with Gasteiger partial charge in [0, 0.05) is 18.3 Å². The highest BCUT2D eigenvalue weighted by Gasteiger charge is 2.20.